The fourth-order valence-electron chi connectivity index (χ4n) is 2.61. The zero-order chi connectivity index (χ0) is 16.5. The molecule has 1 aromatic heterocycles. The highest BCUT2D eigenvalue weighted by atomic mass is 32.2. The number of aliphatic imine (C=N–C) groups is 1. The van der Waals surface area contributed by atoms with Crippen molar-refractivity contribution in [1.29, 1.82) is 5.26 Å². The molecule has 1 saturated heterocycles. The van der Waals surface area contributed by atoms with Gasteiger partial charge in [-0.1, -0.05) is 0 Å². The molecule has 126 valence electrons. The Morgan fingerprint density at radius 2 is 2.26 bits per heavy atom. The number of hydrogen-bond donors (Lipinski definition) is 2. The summed E-state index contributed by atoms with van der Waals surface area (Å²) in [5, 5.41) is 14.4. The highest BCUT2D eigenvalue weighted by Gasteiger charge is 2.16. The molecule has 1 fully saturated rings. The number of likely N-dealkylation sites (tertiary alicyclic amines) is 1. The molecular weight excluding hydrogens is 310 g/mol. The Labute approximate surface area is 142 Å². The van der Waals surface area contributed by atoms with Gasteiger partial charge in [0.15, 0.2) is 0 Å². The first-order valence-electron chi connectivity index (χ1n) is 7.99. The molecule has 7 heteroatoms. The standard InChI is InChI=1S/C16H25N5OS/c1-13-9-14(22-15(13)10-21-6-3-4-7-21)11-23-8-5-19-16(18-2)20-12-17/h9H,3-8,10-11H2,1-2H3,(H2,18,19,20). The van der Waals surface area contributed by atoms with Crippen molar-refractivity contribution in [3.63, 3.8) is 0 Å². The lowest BCUT2D eigenvalue weighted by Crippen LogP contribution is -2.35. The molecule has 0 spiro atoms. The van der Waals surface area contributed by atoms with E-state index in [1.54, 1.807) is 25.0 Å². The van der Waals surface area contributed by atoms with Gasteiger partial charge in [0, 0.05) is 19.3 Å². The number of nitrogens with one attached hydrogen (secondary N) is 2. The van der Waals surface area contributed by atoms with Crippen LogP contribution < -0.4 is 10.6 Å². The molecule has 0 aromatic carbocycles. The minimum Gasteiger partial charge on any atom is -0.464 e. The summed E-state index contributed by atoms with van der Waals surface area (Å²) in [6.45, 7) is 6.20. The minimum absolute atomic E-state index is 0.509. The van der Waals surface area contributed by atoms with E-state index in [4.69, 9.17) is 9.68 Å². The van der Waals surface area contributed by atoms with Gasteiger partial charge < -0.3 is 15.1 Å². The highest BCUT2D eigenvalue weighted by molar-refractivity contribution is 7.98. The van der Waals surface area contributed by atoms with Crippen LogP contribution in [0.4, 0.5) is 0 Å². The summed E-state index contributed by atoms with van der Waals surface area (Å²) in [4.78, 5) is 6.09. The van der Waals surface area contributed by atoms with E-state index in [-0.39, 0.29) is 0 Å². The fraction of sp³-hybridized carbons (Fsp3) is 0.625. The van der Waals surface area contributed by atoms with E-state index in [1.807, 2.05) is 0 Å². The second-order valence-electron chi connectivity index (χ2n) is 5.59. The third kappa shape index (κ3) is 5.81. The predicted molar refractivity (Wildman–Crippen MR) is 94.2 cm³/mol. The van der Waals surface area contributed by atoms with Gasteiger partial charge in [0.05, 0.1) is 12.3 Å². The van der Waals surface area contributed by atoms with Gasteiger partial charge in [0.2, 0.25) is 12.2 Å². The van der Waals surface area contributed by atoms with E-state index < -0.39 is 0 Å². The third-order valence-corrected chi connectivity index (χ3v) is 4.80. The molecule has 23 heavy (non-hydrogen) atoms. The molecule has 1 aliphatic rings. The molecule has 2 N–H and O–H groups in total. The van der Waals surface area contributed by atoms with Crippen LogP contribution in [0, 0.1) is 18.4 Å². The summed E-state index contributed by atoms with van der Waals surface area (Å²) in [6, 6.07) is 2.15. The molecular formula is C16H25N5OS. The predicted octanol–water partition coefficient (Wildman–Crippen LogP) is 2.06. The molecule has 2 heterocycles. The average molecular weight is 335 g/mol. The average Bonchev–Trinajstić information content (AvgIpc) is 3.17. The molecule has 0 aliphatic carbocycles. The van der Waals surface area contributed by atoms with Crippen molar-refractivity contribution in [1.82, 2.24) is 15.5 Å². The van der Waals surface area contributed by atoms with E-state index >= 15 is 0 Å². The van der Waals surface area contributed by atoms with Crippen LogP contribution in [-0.2, 0) is 12.3 Å². The van der Waals surface area contributed by atoms with E-state index in [0.29, 0.717) is 5.96 Å². The second-order valence-corrected chi connectivity index (χ2v) is 6.70. The van der Waals surface area contributed by atoms with Gasteiger partial charge in [0.1, 0.15) is 11.5 Å². The lowest BCUT2D eigenvalue weighted by atomic mass is 10.2. The van der Waals surface area contributed by atoms with Crippen LogP contribution in [0.5, 0.6) is 0 Å². The Morgan fingerprint density at radius 3 is 2.96 bits per heavy atom. The summed E-state index contributed by atoms with van der Waals surface area (Å²) in [7, 11) is 1.74. The fourth-order valence-corrected chi connectivity index (χ4v) is 3.34. The molecule has 0 radical (unpaired) electrons. The monoisotopic (exact) mass is 335 g/mol. The first-order chi connectivity index (χ1) is 11.2. The van der Waals surface area contributed by atoms with Crippen LogP contribution in [-0.4, -0.2) is 43.3 Å². The first kappa shape index (κ1) is 17.7. The lowest BCUT2D eigenvalue weighted by Gasteiger charge is -2.12. The number of nitrogens with zero attached hydrogens (tertiary/aromatic N) is 3. The van der Waals surface area contributed by atoms with Crippen LogP contribution in [0.25, 0.3) is 0 Å². The highest BCUT2D eigenvalue weighted by Crippen LogP contribution is 2.22. The Kier molecular flexibility index (Phi) is 7.30. The normalized spacial score (nSPS) is 15.6. The van der Waals surface area contributed by atoms with Crippen molar-refractivity contribution in [2.24, 2.45) is 4.99 Å². The van der Waals surface area contributed by atoms with Crippen LogP contribution in [0.3, 0.4) is 0 Å². The SMILES string of the molecule is CN/C(=N\C#N)NCCSCc1cc(C)c(CN2CCCC2)o1. The molecule has 0 amide bonds. The lowest BCUT2D eigenvalue weighted by molar-refractivity contribution is 0.293. The largest absolute Gasteiger partial charge is 0.464 e. The van der Waals surface area contributed by atoms with Gasteiger partial charge in [-0.2, -0.15) is 17.0 Å². The molecule has 0 bridgehead atoms. The van der Waals surface area contributed by atoms with Crippen LogP contribution in [0.1, 0.15) is 29.9 Å². The van der Waals surface area contributed by atoms with E-state index in [9.17, 15) is 0 Å². The van der Waals surface area contributed by atoms with Crippen molar-refractivity contribution < 1.29 is 4.42 Å². The van der Waals surface area contributed by atoms with E-state index in [2.05, 4.69) is 33.5 Å². The van der Waals surface area contributed by atoms with E-state index in [0.717, 1.165) is 36.1 Å². The maximum atomic E-state index is 8.51. The van der Waals surface area contributed by atoms with Gasteiger partial charge in [-0.15, -0.1) is 4.99 Å². The third-order valence-electron chi connectivity index (χ3n) is 3.82. The van der Waals surface area contributed by atoms with Gasteiger partial charge >= 0.3 is 0 Å². The Morgan fingerprint density at radius 1 is 1.48 bits per heavy atom. The number of thioether (sulfide) groups is 1. The van der Waals surface area contributed by atoms with Gasteiger partial charge in [-0.3, -0.25) is 4.90 Å². The zero-order valence-corrected chi connectivity index (χ0v) is 14.7. The molecule has 0 atom stereocenters. The number of hydrogen-bond acceptors (Lipinski definition) is 5. The van der Waals surface area contributed by atoms with E-state index in [1.165, 1.54) is 31.5 Å². The summed E-state index contributed by atoms with van der Waals surface area (Å²) >= 11 is 1.81. The number of guanidine groups is 1. The van der Waals surface area contributed by atoms with Crippen molar-refractivity contribution in [2.75, 3.05) is 32.4 Å². The summed E-state index contributed by atoms with van der Waals surface area (Å²) < 4.78 is 6.00. The summed E-state index contributed by atoms with van der Waals surface area (Å²) in [5.41, 5.74) is 1.25. The quantitative estimate of drug-likeness (QED) is 0.344. The van der Waals surface area contributed by atoms with Crippen LogP contribution in [0.15, 0.2) is 15.5 Å². The smallest absolute Gasteiger partial charge is 0.209 e. The van der Waals surface area contributed by atoms with Gasteiger partial charge in [-0.05, 0) is 44.5 Å². The van der Waals surface area contributed by atoms with Gasteiger partial charge in [-0.25, -0.2) is 0 Å². The first-order valence-corrected chi connectivity index (χ1v) is 9.15. The molecule has 1 aliphatic heterocycles. The van der Waals surface area contributed by atoms with Crippen molar-refractivity contribution in [3.8, 4) is 6.19 Å². The number of furan rings is 1. The maximum absolute atomic E-state index is 8.51. The van der Waals surface area contributed by atoms with Crippen molar-refractivity contribution in [3.05, 3.63) is 23.2 Å². The summed E-state index contributed by atoms with van der Waals surface area (Å²) in [6.07, 6.45) is 4.37. The number of rotatable bonds is 7. The Hall–Kier alpha value is -1.65. The number of aryl methyl sites for hydroxylation is 1. The Balaban J connectivity index is 1.70. The van der Waals surface area contributed by atoms with Gasteiger partial charge in [0.25, 0.3) is 0 Å². The van der Waals surface area contributed by atoms with Crippen LogP contribution >= 0.6 is 11.8 Å². The molecule has 0 saturated carbocycles. The minimum atomic E-state index is 0.509. The molecule has 6 nitrogen and oxygen atoms in total. The van der Waals surface area contributed by atoms with Crippen molar-refractivity contribution in [2.45, 2.75) is 32.1 Å². The molecule has 1 aromatic rings. The maximum Gasteiger partial charge on any atom is 0.209 e. The van der Waals surface area contributed by atoms with Crippen LogP contribution in [0.2, 0.25) is 0 Å². The Bertz CT molecular complexity index is 557. The second kappa shape index (κ2) is 9.48. The van der Waals surface area contributed by atoms with Crippen molar-refractivity contribution >= 4 is 17.7 Å². The molecule has 0 unspecified atom stereocenters. The molecule has 2 rings (SSSR count). The topological polar surface area (TPSA) is 76.6 Å². The summed E-state index contributed by atoms with van der Waals surface area (Å²) in [5.74, 6) is 4.45. The number of nitriles is 1. The zero-order valence-electron chi connectivity index (χ0n) is 13.9.